The summed E-state index contributed by atoms with van der Waals surface area (Å²) < 4.78 is 11.1. The van der Waals surface area contributed by atoms with E-state index in [1.165, 1.54) is 19.3 Å². The second-order valence-corrected chi connectivity index (χ2v) is 7.41. The molecule has 0 aromatic heterocycles. The molecule has 1 N–H and O–H groups in total. The summed E-state index contributed by atoms with van der Waals surface area (Å²) in [6, 6.07) is 7.79. The Balaban J connectivity index is 1.61. The molecule has 5 heteroatoms. The topological polar surface area (TPSA) is 50.8 Å². The Hall–Kier alpha value is -1.85. The number of carbonyl (C=O) groups excluding carboxylic acids is 1. The predicted octanol–water partition coefficient (Wildman–Crippen LogP) is 3.25. The average Bonchev–Trinajstić information content (AvgIpc) is 2.73. The first kappa shape index (κ1) is 19.9. The molecule has 1 saturated carbocycles. The van der Waals surface area contributed by atoms with Gasteiger partial charge in [0.1, 0.15) is 5.75 Å². The van der Waals surface area contributed by atoms with Gasteiger partial charge in [-0.3, -0.25) is 9.69 Å². The molecule has 148 valence electrons. The van der Waals surface area contributed by atoms with Crippen molar-refractivity contribution in [2.24, 2.45) is 0 Å². The van der Waals surface area contributed by atoms with Crippen molar-refractivity contribution >= 4 is 12.0 Å². The van der Waals surface area contributed by atoms with Crippen molar-refractivity contribution in [1.82, 2.24) is 10.2 Å². The molecule has 0 atom stereocenters. The molecule has 1 saturated heterocycles. The monoisotopic (exact) mass is 372 g/mol. The van der Waals surface area contributed by atoms with Crippen LogP contribution in [-0.4, -0.2) is 55.8 Å². The minimum Gasteiger partial charge on any atom is -0.493 e. The van der Waals surface area contributed by atoms with Crippen molar-refractivity contribution in [3.63, 3.8) is 0 Å². The van der Waals surface area contributed by atoms with E-state index < -0.39 is 0 Å². The third-order valence-electron chi connectivity index (χ3n) is 5.69. The van der Waals surface area contributed by atoms with Crippen LogP contribution in [0.15, 0.2) is 30.3 Å². The minimum absolute atomic E-state index is 0.0421. The molecule has 2 aliphatic rings. The van der Waals surface area contributed by atoms with Gasteiger partial charge in [-0.2, -0.15) is 0 Å². The van der Waals surface area contributed by atoms with Crippen LogP contribution in [0.25, 0.3) is 6.08 Å². The molecule has 1 aromatic rings. The zero-order valence-corrected chi connectivity index (χ0v) is 16.4. The smallest absolute Gasteiger partial charge is 0.244 e. The lowest BCUT2D eigenvalue weighted by Crippen LogP contribution is -2.59. The normalized spacial score (nSPS) is 20.5. The van der Waals surface area contributed by atoms with E-state index in [1.807, 2.05) is 37.3 Å². The van der Waals surface area contributed by atoms with Crippen LogP contribution in [-0.2, 0) is 9.53 Å². The summed E-state index contributed by atoms with van der Waals surface area (Å²) in [5.74, 6) is 0.764. The molecule has 1 amide bonds. The molecule has 1 aliphatic heterocycles. The first-order chi connectivity index (χ1) is 13.2. The summed E-state index contributed by atoms with van der Waals surface area (Å²) in [6.45, 7) is 6.80. The molecule has 1 heterocycles. The van der Waals surface area contributed by atoms with Gasteiger partial charge in [-0.15, -0.1) is 0 Å². The highest BCUT2D eigenvalue weighted by atomic mass is 16.5. The number of morpholine rings is 1. The molecule has 1 aromatic carbocycles. The summed E-state index contributed by atoms with van der Waals surface area (Å²) in [5, 5.41) is 3.16. The summed E-state index contributed by atoms with van der Waals surface area (Å²) in [4.78, 5) is 15.0. The molecule has 2 fully saturated rings. The standard InChI is InChI=1S/C22H32N2O3/c1-2-27-20-9-5-4-8-19(20)10-11-21(25)23-18-22(12-6-3-7-13-22)24-14-16-26-17-15-24/h4-5,8-11H,2-3,6-7,12-18H2,1H3,(H,23,25)/b11-10+. The Bertz CT molecular complexity index is 632. The van der Waals surface area contributed by atoms with Crippen molar-refractivity contribution in [3.05, 3.63) is 35.9 Å². The summed E-state index contributed by atoms with van der Waals surface area (Å²) in [5.41, 5.74) is 1.02. The fraction of sp³-hybridized carbons (Fsp3) is 0.591. The number of nitrogens with one attached hydrogen (secondary N) is 1. The van der Waals surface area contributed by atoms with Gasteiger partial charge in [-0.05, 0) is 31.9 Å². The number of ether oxygens (including phenoxy) is 2. The quantitative estimate of drug-likeness (QED) is 0.747. The number of amides is 1. The van der Waals surface area contributed by atoms with Crippen molar-refractivity contribution in [3.8, 4) is 5.75 Å². The maximum atomic E-state index is 12.5. The molecule has 0 bridgehead atoms. The van der Waals surface area contributed by atoms with Crippen LogP contribution >= 0.6 is 0 Å². The lowest BCUT2D eigenvalue weighted by Gasteiger charge is -2.48. The van der Waals surface area contributed by atoms with Crippen LogP contribution in [0.1, 0.15) is 44.6 Å². The number of hydrogen-bond acceptors (Lipinski definition) is 4. The Kier molecular flexibility index (Phi) is 7.30. The van der Waals surface area contributed by atoms with E-state index >= 15 is 0 Å². The number of nitrogens with zero attached hydrogens (tertiary/aromatic N) is 1. The van der Waals surface area contributed by atoms with Gasteiger partial charge in [0.05, 0.1) is 19.8 Å². The molecule has 27 heavy (non-hydrogen) atoms. The molecule has 0 unspecified atom stereocenters. The Morgan fingerprint density at radius 1 is 1.22 bits per heavy atom. The van der Waals surface area contributed by atoms with E-state index in [4.69, 9.17) is 9.47 Å². The number of rotatable bonds is 7. The van der Waals surface area contributed by atoms with Crippen molar-refractivity contribution < 1.29 is 14.3 Å². The SMILES string of the molecule is CCOc1ccccc1/C=C/C(=O)NCC1(N2CCOCC2)CCCCC1. The van der Waals surface area contributed by atoms with E-state index in [2.05, 4.69) is 10.2 Å². The zero-order chi connectivity index (χ0) is 19.0. The number of hydrogen-bond donors (Lipinski definition) is 1. The second kappa shape index (κ2) is 9.90. The molecule has 3 rings (SSSR count). The van der Waals surface area contributed by atoms with Crippen molar-refractivity contribution in [2.45, 2.75) is 44.6 Å². The van der Waals surface area contributed by atoms with E-state index in [0.29, 0.717) is 13.2 Å². The first-order valence-electron chi connectivity index (χ1n) is 10.2. The third kappa shape index (κ3) is 5.33. The van der Waals surface area contributed by atoms with Gasteiger partial charge in [-0.1, -0.05) is 37.5 Å². The third-order valence-corrected chi connectivity index (χ3v) is 5.69. The lowest BCUT2D eigenvalue weighted by molar-refractivity contribution is -0.117. The molecule has 0 radical (unpaired) electrons. The molecule has 1 aliphatic carbocycles. The fourth-order valence-corrected chi connectivity index (χ4v) is 4.23. The highest BCUT2D eigenvalue weighted by molar-refractivity contribution is 5.92. The Labute approximate surface area is 162 Å². The van der Waals surface area contributed by atoms with Crippen LogP contribution in [0.3, 0.4) is 0 Å². The number of carbonyl (C=O) groups is 1. The Morgan fingerprint density at radius 3 is 2.70 bits per heavy atom. The average molecular weight is 373 g/mol. The summed E-state index contributed by atoms with van der Waals surface area (Å²) >= 11 is 0. The van der Waals surface area contributed by atoms with E-state index in [0.717, 1.165) is 50.5 Å². The van der Waals surface area contributed by atoms with Gasteiger partial charge in [0.15, 0.2) is 0 Å². The minimum atomic E-state index is -0.0421. The van der Waals surface area contributed by atoms with Crippen LogP contribution in [0, 0.1) is 0 Å². The van der Waals surface area contributed by atoms with Crippen molar-refractivity contribution in [1.29, 1.82) is 0 Å². The molecule has 5 nitrogen and oxygen atoms in total. The summed E-state index contributed by atoms with van der Waals surface area (Å²) in [7, 11) is 0. The second-order valence-electron chi connectivity index (χ2n) is 7.41. The van der Waals surface area contributed by atoms with Crippen LogP contribution in [0.4, 0.5) is 0 Å². The number of para-hydroxylation sites is 1. The first-order valence-corrected chi connectivity index (χ1v) is 10.2. The Morgan fingerprint density at radius 2 is 1.96 bits per heavy atom. The van der Waals surface area contributed by atoms with Gasteiger partial charge < -0.3 is 14.8 Å². The fourth-order valence-electron chi connectivity index (χ4n) is 4.23. The largest absolute Gasteiger partial charge is 0.493 e. The van der Waals surface area contributed by atoms with Gasteiger partial charge in [0.25, 0.3) is 0 Å². The van der Waals surface area contributed by atoms with E-state index in [1.54, 1.807) is 6.08 Å². The zero-order valence-electron chi connectivity index (χ0n) is 16.4. The maximum absolute atomic E-state index is 12.5. The molecular formula is C22H32N2O3. The number of benzene rings is 1. The van der Waals surface area contributed by atoms with E-state index in [9.17, 15) is 4.79 Å². The van der Waals surface area contributed by atoms with Gasteiger partial charge in [0.2, 0.25) is 5.91 Å². The molecular weight excluding hydrogens is 340 g/mol. The predicted molar refractivity (Wildman–Crippen MR) is 108 cm³/mol. The molecule has 0 spiro atoms. The highest BCUT2D eigenvalue weighted by Crippen LogP contribution is 2.33. The summed E-state index contributed by atoms with van der Waals surface area (Å²) in [6.07, 6.45) is 9.55. The van der Waals surface area contributed by atoms with Gasteiger partial charge in [-0.25, -0.2) is 0 Å². The van der Waals surface area contributed by atoms with E-state index in [-0.39, 0.29) is 11.4 Å². The van der Waals surface area contributed by atoms with Crippen LogP contribution in [0.2, 0.25) is 0 Å². The van der Waals surface area contributed by atoms with Crippen molar-refractivity contribution in [2.75, 3.05) is 39.5 Å². The van der Waals surface area contributed by atoms with Gasteiger partial charge >= 0.3 is 0 Å². The van der Waals surface area contributed by atoms with Crippen LogP contribution < -0.4 is 10.1 Å². The highest BCUT2D eigenvalue weighted by Gasteiger charge is 2.38. The van der Waals surface area contributed by atoms with Crippen LogP contribution in [0.5, 0.6) is 5.75 Å². The maximum Gasteiger partial charge on any atom is 0.244 e. The lowest BCUT2D eigenvalue weighted by atomic mass is 9.79. The van der Waals surface area contributed by atoms with Gasteiger partial charge in [0, 0.05) is 36.8 Å².